The molecule has 2 aromatic rings. The lowest BCUT2D eigenvalue weighted by Gasteiger charge is -2.10. The number of halogens is 2. The molecule has 20 heavy (non-hydrogen) atoms. The highest BCUT2D eigenvalue weighted by Crippen LogP contribution is 2.21. The third kappa shape index (κ3) is 3.22. The Morgan fingerprint density at radius 2 is 2.20 bits per heavy atom. The number of nitrogens with zero attached hydrogens (tertiary/aromatic N) is 3. The zero-order valence-electron chi connectivity index (χ0n) is 11.2. The largest absolute Gasteiger partial charge is 0.350 e. The van der Waals surface area contributed by atoms with Crippen LogP contribution in [0.2, 0.25) is 0 Å². The highest BCUT2D eigenvalue weighted by atomic mass is 79.9. The maximum Gasteiger partial charge on any atom is 0.251 e. The number of nitrogens with one attached hydrogen (secondary N) is 1. The van der Waals surface area contributed by atoms with Crippen LogP contribution in [0.1, 0.15) is 21.7 Å². The lowest BCUT2D eigenvalue weighted by atomic mass is 10.1. The van der Waals surface area contributed by atoms with Crippen molar-refractivity contribution in [3.8, 4) is 0 Å². The fraction of sp³-hybridized carbons (Fsp3) is 0.308. The number of carbonyl (C=O) groups is 1. The van der Waals surface area contributed by atoms with Crippen molar-refractivity contribution in [2.75, 3.05) is 6.54 Å². The van der Waals surface area contributed by atoms with E-state index < -0.39 is 5.82 Å². The topological polar surface area (TPSA) is 59.8 Å². The van der Waals surface area contributed by atoms with Crippen molar-refractivity contribution >= 4 is 21.8 Å². The van der Waals surface area contributed by atoms with Gasteiger partial charge in [0.2, 0.25) is 0 Å². The van der Waals surface area contributed by atoms with Gasteiger partial charge in [-0.3, -0.25) is 4.79 Å². The summed E-state index contributed by atoms with van der Waals surface area (Å²) in [7, 11) is 0. The molecule has 0 aliphatic rings. The predicted molar refractivity (Wildman–Crippen MR) is 75.9 cm³/mol. The molecule has 1 aromatic heterocycles. The van der Waals surface area contributed by atoms with Crippen LogP contribution in [0.15, 0.2) is 22.9 Å². The molecule has 0 fully saturated rings. The predicted octanol–water partition coefficient (Wildman–Crippen LogP) is 2.23. The first-order chi connectivity index (χ1) is 9.49. The van der Waals surface area contributed by atoms with Crippen LogP contribution >= 0.6 is 15.9 Å². The number of benzene rings is 1. The number of carbonyl (C=O) groups excluding carboxylic acids is 1. The monoisotopic (exact) mass is 340 g/mol. The van der Waals surface area contributed by atoms with Crippen molar-refractivity contribution in [3.05, 3.63) is 45.7 Å². The highest BCUT2D eigenvalue weighted by molar-refractivity contribution is 9.10. The zero-order valence-corrected chi connectivity index (χ0v) is 12.7. The first kappa shape index (κ1) is 14.6. The van der Waals surface area contributed by atoms with Gasteiger partial charge in [-0.1, -0.05) is 15.9 Å². The van der Waals surface area contributed by atoms with Crippen molar-refractivity contribution in [2.45, 2.75) is 20.4 Å². The van der Waals surface area contributed by atoms with Gasteiger partial charge >= 0.3 is 0 Å². The summed E-state index contributed by atoms with van der Waals surface area (Å²) in [6, 6.07) is 2.58. The van der Waals surface area contributed by atoms with Crippen molar-refractivity contribution in [3.63, 3.8) is 0 Å². The average Bonchev–Trinajstić information content (AvgIpc) is 2.79. The molecule has 0 saturated heterocycles. The third-order valence-electron chi connectivity index (χ3n) is 3.00. The van der Waals surface area contributed by atoms with Gasteiger partial charge in [-0.2, -0.15) is 0 Å². The van der Waals surface area contributed by atoms with E-state index in [0.29, 0.717) is 28.7 Å². The third-order valence-corrected chi connectivity index (χ3v) is 3.82. The molecule has 0 aliphatic heterocycles. The van der Waals surface area contributed by atoms with Crippen LogP contribution < -0.4 is 5.32 Å². The molecule has 0 saturated carbocycles. The van der Waals surface area contributed by atoms with E-state index in [0.717, 1.165) is 5.82 Å². The van der Waals surface area contributed by atoms with Gasteiger partial charge in [-0.25, -0.2) is 4.39 Å². The summed E-state index contributed by atoms with van der Waals surface area (Å²) in [6.07, 6.45) is 1.60. The first-order valence-electron chi connectivity index (χ1n) is 6.07. The molecule has 0 aliphatic carbocycles. The number of rotatable bonds is 4. The Balaban J connectivity index is 2.01. The molecule has 1 N–H and O–H groups in total. The molecule has 7 heteroatoms. The Bertz CT molecular complexity index is 641. The summed E-state index contributed by atoms with van der Waals surface area (Å²) >= 11 is 3.23. The van der Waals surface area contributed by atoms with Gasteiger partial charge in [0.25, 0.3) is 5.91 Å². The quantitative estimate of drug-likeness (QED) is 0.928. The van der Waals surface area contributed by atoms with Gasteiger partial charge in [0.1, 0.15) is 18.0 Å². The first-order valence-corrected chi connectivity index (χ1v) is 6.86. The standard InChI is InChI=1S/C13H14BrFN4O/c1-8-11(5-10(15)6-12(8)14)13(20)16-3-4-19-7-17-18-9(19)2/h5-7H,3-4H2,1-2H3,(H,16,20). The van der Waals surface area contributed by atoms with E-state index in [4.69, 9.17) is 0 Å². The molecule has 0 bridgehead atoms. The van der Waals surface area contributed by atoms with Crippen molar-refractivity contribution in [1.82, 2.24) is 20.1 Å². The van der Waals surface area contributed by atoms with Gasteiger partial charge in [-0.05, 0) is 31.5 Å². The van der Waals surface area contributed by atoms with Crippen LogP contribution in [-0.2, 0) is 6.54 Å². The van der Waals surface area contributed by atoms with Gasteiger partial charge in [0, 0.05) is 23.1 Å². The maximum absolute atomic E-state index is 13.3. The van der Waals surface area contributed by atoms with Crippen LogP contribution in [0, 0.1) is 19.7 Å². The molecule has 1 heterocycles. The highest BCUT2D eigenvalue weighted by Gasteiger charge is 2.12. The minimum Gasteiger partial charge on any atom is -0.350 e. The summed E-state index contributed by atoms with van der Waals surface area (Å²) in [5.74, 6) is 0.0413. The summed E-state index contributed by atoms with van der Waals surface area (Å²) in [6.45, 7) is 4.59. The van der Waals surface area contributed by atoms with Crippen LogP contribution in [0.3, 0.4) is 0 Å². The van der Waals surface area contributed by atoms with E-state index >= 15 is 0 Å². The number of amides is 1. The van der Waals surface area contributed by atoms with Crippen LogP contribution in [0.5, 0.6) is 0 Å². The summed E-state index contributed by atoms with van der Waals surface area (Å²) in [5.41, 5.74) is 1.04. The van der Waals surface area contributed by atoms with Gasteiger partial charge < -0.3 is 9.88 Å². The lowest BCUT2D eigenvalue weighted by Crippen LogP contribution is -2.28. The lowest BCUT2D eigenvalue weighted by molar-refractivity contribution is 0.0951. The van der Waals surface area contributed by atoms with E-state index in [2.05, 4.69) is 31.4 Å². The maximum atomic E-state index is 13.3. The van der Waals surface area contributed by atoms with Crippen LogP contribution in [-0.4, -0.2) is 27.2 Å². The molecule has 0 atom stereocenters. The summed E-state index contributed by atoms with van der Waals surface area (Å²) in [4.78, 5) is 12.0. The van der Waals surface area contributed by atoms with Crippen molar-refractivity contribution < 1.29 is 9.18 Å². The van der Waals surface area contributed by atoms with Crippen molar-refractivity contribution in [1.29, 1.82) is 0 Å². The van der Waals surface area contributed by atoms with E-state index in [1.807, 2.05) is 11.5 Å². The minimum atomic E-state index is -0.442. The number of hydrogen-bond acceptors (Lipinski definition) is 3. The smallest absolute Gasteiger partial charge is 0.251 e. The van der Waals surface area contributed by atoms with Crippen LogP contribution in [0.4, 0.5) is 4.39 Å². The Hall–Kier alpha value is -1.76. The van der Waals surface area contributed by atoms with E-state index in [1.165, 1.54) is 12.1 Å². The Labute approximate surface area is 124 Å². The molecule has 2 rings (SSSR count). The average molecular weight is 341 g/mol. The van der Waals surface area contributed by atoms with E-state index in [9.17, 15) is 9.18 Å². The van der Waals surface area contributed by atoms with Gasteiger partial charge in [-0.15, -0.1) is 10.2 Å². The Morgan fingerprint density at radius 1 is 1.45 bits per heavy atom. The second kappa shape index (κ2) is 6.13. The Morgan fingerprint density at radius 3 is 2.85 bits per heavy atom. The molecular formula is C13H14BrFN4O. The summed E-state index contributed by atoms with van der Waals surface area (Å²) < 4.78 is 15.7. The number of hydrogen-bond donors (Lipinski definition) is 1. The van der Waals surface area contributed by atoms with E-state index in [1.54, 1.807) is 13.3 Å². The fourth-order valence-corrected chi connectivity index (χ4v) is 2.23. The molecule has 1 aromatic carbocycles. The summed E-state index contributed by atoms with van der Waals surface area (Å²) in [5, 5.41) is 10.4. The molecule has 0 radical (unpaired) electrons. The van der Waals surface area contributed by atoms with Gasteiger partial charge in [0.15, 0.2) is 0 Å². The molecule has 1 amide bonds. The molecule has 0 unspecified atom stereocenters. The molecule has 5 nitrogen and oxygen atoms in total. The van der Waals surface area contributed by atoms with E-state index in [-0.39, 0.29) is 5.91 Å². The molecular weight excluding hydrogens is 327 g/mol. The fourth-order valence-electron chi connectivity index (χ4n) is 1.80. The second-order valence-electron chi connectivity index (χ2n) is 4.39. The minimum absolute atomic E-state index is 0.298. The number of aryl methyl sites for hydroxylation is 1. The Kier molecular flexibility index (Phi) is 4.49. The molecule has 0 spiro atoms. The SMILES string of the molecule is Cc1c(Br)cc(F)cc1C(=O)NCCn1cnnc1C. The van der Waals surface area contributed by atoms with Gasteiger partial charge in [0.05, 0.1) is 0 Å². The van der Waals surface area contributed by atoms with Crippen LogP contribution in [0.25, 0.3) is 0 Å². The van der Waals surface area contributed by atoms with Crippen molar-refractivity contribution in [2.24, 2.45) is 0 Å². The normalized spacial score (nSPS) is 10.6. The molecule has 106 valence electrons. The number of aromatic nitrogens is 3. The zero-order chi connectivity index (χ0) is 14.7. The second-order valence-corrected chi connectivity index (χ2v) is 5.24.